The quantitative estimate of drug-likeness (QED) is 0.588. The highest BCUT2D eigenvalue weighted by atomic mass is 16.5. The van der Waals surface area contributed by atoms with E-state index in [1.165, 1.54) is 0 Å². The molecule has 0 aliphatic carbocycles. The summed E-state index contributed by atoms with van der Waals surface area (Å²) in [5.74, 6) is 1.57. The van der Waals surface area contributed by atoms with Gasteiger partial charge in [0, 0.05) is 25.7 Å². The number of nitrogens with one attached hydrogen (secondary N) is 1. The molecule has 0 aromatic carbocycles. The lowest BCUT2D eigenvalue weighted by Crippen LogP contribution is -2.52. The van der Waals surface area contributed by atoms with E-state index >= 15 is 0 Å². The zero-order valence-corrected chi connectivity index (χ0v) is 14.1. The van der Waals surface area contributed by atoms with Gasteiger partial charge in [-0.1, -0.05) is 27.7 Å². The Kier molecular flexibility index (Phi) is 8.88. The topological polar surface area (TPSA) is 50.8 Å². The van der Waals surface area contributed by atoms with E-state index < -0.39 is 0 Å². The minimum absolute atomic E-state index is 0.217. The largest absolute Gasteiger partial charge is 0.379 e. The average Bonchev–Trinajstić information content (AvgIpc) is 2.34. The molecule has 1 aliphatic rings. The molecule has 5 heteroatoms. The molecule has 1 fully saturated rings. The number of amides is 1. The van der Waals surface area contributed by atoms with Gasteiger partial charge < -0.3 is 19.7 Å². The van der Waals surface area contributed by atoms with Gasteiger partial charge in [-0.15, -0.1) is 0 Å². The first kappa shape index (κ1) is 18.4. The Hall–Kier alpha value is -0.650. The molecule has 5 nitrogen and oxygen atoms in total. The molecule has 1 N–H and O–H groups in total. The van der Waals surface area contributed by atoms with Gasteiger partial charge in [-0.25, -0.2) is 0 Å². The highest BCUT2D eigenvalue weighted by Crippen LogP contribution is 2.23. The number of carbonyl (C=O) groups is 1. The van der Waals surface area contributed by atoms with Crippen molar-refractivity contribution in [3.8, 4) is 0 Å². The highest BCUT2D eigenvalue weighted by Gasteiger charge is 2.31. The Balaban J connectivity index is 1.85. The second kappa shape index (κ2) is 10.1. The standard InChI is InChI=1S/C16H32N2O3/c1-13(2)15-11-18(12-15)16(19)5-7-20-9-10-21-8-6-17-14(3)4/h13-15,17H,5-12H2,1-4H3. The van der Waals surface area contributed by atoms with E-state index in [4.69, 9.17) is 9.47 Å². The van der Waals surface area contributed by atoms with Gasteiger partial charge in [0.2, 0.25) is 5.91 Å². The first-order valence-corrected chi connectivity index (χ1v) is 8.17. The molecule has 124 valence electrons. The summed E-state index contributed by atoms with van der Waals surface area (Å²) < 4.78 is 10.9. The van der Waals surface area contributed by atoms with Crippen molar-refractivity contribution in [2.24, 2.45) is 11.8 Å². The van der Waals surface area contributed by atoms with Gasteiger partial charge >= 0.3 is 0 Å². The predicted octanol–water partition coefficient (Wildman–Crippen LogP) is 1.52. The molecular formula is C16H32N2O3. The van der Waals surface area contributed by atoms with Crippen LogP contribution in [0.1, 0.15) is 34.1 Å². The third-order valence-corrected chi connectivity index (χ3v) is 3.84. The van der Waals surface area contributed by atoms with Gasteiger partial charge in [0.15, 0.2) is 0 Å². The van der Waals surface area contributed by atoms with Gasteiger partial charge in [-0.05, 0) is 11.8 Å². The zero-order chi connectivity index (χ0) is 15.7. The summed E-state index contributed by atoms with van der Waals surface area (Å²) in [6.45, 7) is 13.7. The normalized spacial score (nSPS) is 15.8. The molecule has 0 unspecified atom stereocenters. The van der Waals surface area contributed by atoms with E-state index in [9.17, 15) is 4.79 Å². The monoisotopic (exact) mass is 300 g/mol. The van der Waals surface area contributed by atoms with E-state index in [1.807, 2.05) is 4.90 Å². The number of carbonyl (C=O) groups excluding carboxylic acids is 1. The third kappa shape index (κ3) is 7.79. The second-order valence-corrected chi connectivity index (χ2v) is 6.39. The lowest BCUT2D eigenvalue weighted by atomic mass is 9.88. The van der Waals surface area contributed by atoms with Gasteiger partial charge in [-0.3, -0.25) is 4.79 Å². The maximum atomic E-state index is 11.8. The maximum Gasteiger partial charge on any atom is 0.224 e. The van der Waals surface area contributed by atoms with E-state index in [1.54, 1.807) is 0 Å². The summed E-state index contributed by atoms with van der Waals surface area (Å²) in [4.78, 5) is 13.8. The van der Waals surface area contributed by atoms with Crippen LogP contribution >= 0.6 is 0 Å². The van der Waals surface area contributed by atoms with Crippen molar-refractivity contribution in [2.45, 2.75) is 40.2 Å². The molecule has 0 atom stereocenters. The number of likely N-dealkylation sites (tertiary alicyclic amines) is 1. The van der Waals surface area contributed by atoms with Crippen LogP contribution in [0.15, 0.2) is 0 Å². The molecule has 1 heterocycles. The number of hydrogen-bond donors (Lipinski definition) is 1. The summed E-state index contributed by atoms with van der Waals surface area (Å²) in [6.07, 6.45) is 0.486. The minimum Gasteiger partial charge on any atom is -0.379 e. The fraction of sp³-hybridized carbons (Fsp3) is 0.938. The van der Waals surface area contributed by atoms with Gasteiger partial charge in [0.05, 0.1) is 32.8 Å². The second-order valence-electron chi connectivity index (χ2n) is 6.39. The molecule has 0 spiro atoms. The van der Waals surface area contributed by atoms with Crippen molar-refractivity contribution in [1.82, 2.24) is 10.2 Å². The SMILES string of the molecule is CC(C)NCCOCCOCCC(=O)N1CC(C(C)C)C1. The third-order valence-electron chi connectivity index (χ3n) is 3.84. The van der Waals surface area contributed by atoms with Crippen LogP contribution in [0.2, 0.25) is 0 Å². The molecule has 21 heavy (non-hydrogen) atoms. The highest BCUT2D eigenvalue weighted by molar-refractivity contribution is 5.77. The number of rotatable bonds is 11. The molecule has 1 aliphatic heterocycles. The summed E-state index contributed by atoms with van der Waals surface area (Å²) in [7, 11) is 0. The lowest BCUT2D eigenvalue weighted by Gasteiger charge is -2.41. The van der Waals surface area contributed by atoms with Crippen LogP contribution in [0.3, 0.4) is 0 Å². The van der Waals surface area contributed by atoms with Crippen molar-refractivity contribution in [2.75, 3.05) is 46.1 Å². The molecule has 1 saturated heterocycles. The van der Waals surface area contributed by atoms with Crippen LogP contribution in [0.25, 0.3) is 0 Å². The number of hydrogen-bond acceptors (Lipinski definition) is 4. The zero-order valence-electron chi connectivity index (χ0n) is 14.1. The van der Waals surface area contributed by atoms with Gasteiger partial charge in [0.25, 0.3) is 0 Å². The molecular weight excluding hydrogens is 268 g/mol. The van der Waals surface area contributed by atoms with Crippen LogP contribution in [-0.2, 0) is 14.3 Å². The van der Waals surface area contributed by atoms with Crippen molar-refractivity contribution in [1.29, 1.82) is 0 Å². The molecule has 0 saturated carbocycles. The molecule has 0 bridgehead atoms. The molecule has 1 amide bonds. The summed E-state index contributed by atoms with van der Waals surface area (Å²) in [5.41, 5.74) is 0. The molecule has 1 rings (SSSR count). The summed E-state index contributed by atoms with van der Waals surface area (Å²) >= 11 is 0. The van der Waals surface area contributed by atoms with E-state index in [2.05, 4.69) is 33.0 Å². The first-order chi connectivity index (χ1) is 10.0. The van der Waals surface area contributed by atoms with Crippen molar-refractivity contribution in [3.63, 3.8) is 0 Å². The van der Waals surface area contributed by atoms with E-state index in [0.717, 1.165) is 19.6 Å². The first-order valence-electron chi connectivity index (χ1n) is 8.17. The summed E-state index contributed by atoms with van der Waals surface area (Å²) in [5, 5.41) is 3.28. The van der Waals surface area contributed by atoms with Crippen LogP contribution < -0.4 is 5.32 Å². The summed E-state index contributed by atoms with van der Waals surface area (Å²) in [6, 6.07) is 0.493. The Labute approximate surface area is 129 Å². The number of nitrogens with zero attached hydrogens (tertiary/aromatic N) is 1. The Morgan fingerprint density at radius 2 is 1.71 bits per heavy atom. The van der Waals surface area contributed by atoms with Crippen LogP contribution in [0.5, 0.6) is 0 Å². The Morgan fingerprint density at radius 1 is 1.10 bits per heavy atom. The number of ether oxygens (including phenoxy) is 2. The van der Waals surface area contributed by atoms with Crippen molar-refractivity contribution in [3.05, 3.63) is 0 Å². The fourth-order valence-electron chi connectivity index (χ4n) is 2.20. The smallest absolute Gasteiger partial charge is 0.224 e. The maximum absolute atomic E-state index is 11.8. The Morgan fingerprint density at radius 3 is 2.29 bits per heavy atom. The average molecular weight is 300 g/mol. The van der Waals surface area contributed by atoms with Crippen molar-refractivity contribution >= 4 is 5.91 Å². The fourth-order valence-corrected chi connectivity index (χ4v) is 2.20. The van der Waals surface area contributed by atoms with Gasteiger partial charge in [-0.2, -0.15) is 0 Å². The molecule has 0 radical (unpaired) electrons. The van der Waals surface area contributed by atoms with Crippen LogP contribution in [0, 0.1) is 11.8 Å². The van der Waals surface area contributed by atoms with Gasteiger partial charge in [0.1, 0.15) is 0 Å². The minimum atomic E-state index is 0.217. The molecule has 0 aromatic rings. The van der Waals surface area contributed by atoms with E-state index in [-0.39, 0.29) is 5.91 Å². The van der Waals surface area contributed by atoms with E-state index in [0.29, 0.717) is 50.7 Å². The van der Waals surface area contributed by atoms with Crippen LogP contribution in [0.4, 0.5) is 0 Å². The predicted molar refractivity (Wildman–Crippen MR) is 84.3 cm³/mol. The molecule has 0 aromatic heterocycles. The lowest BCUT2D eigenvalue weighted by molar-refractivity contribution is -0.139. The van der Waals surface area contributed by atoms with Crippen LogP contribution in [-0.4, -0.2) is 62.9 Å². The van der Waals surface area contributed by atoms with Crippen molar-refractivity contribution < 1.29 is 14.3 Å². The Bertz CT molecular complexity index is 289.